The van der Waals surface area contributed by atoms with Gasteiger partial charge in [0, 0.05) is 10.0 Å². The van der Waals surface area contributed by atoms with Crippen LogP contribution in [0.4, 0.5) is 0 Å². The maximum atomic E-state index is 12.5. The number of hydrazone groups is 1. The van der Waals surface area contributed by atoms with Gasteiger partial charge in [-0.25, -0.2) is 5.43 Å². The van der Waals surface area contributed by atoms with Gasteiger partial charge in [-0.2, -0.15) is 5.10 Å². The van der Waals surface area contributed by atoms with Crippen molar-refractivity contribution >= 4 is 54.8 Å². The van der Waals surface area contributed by atoms with Gasteiger partial charge in [-0.1, -0.05) is 58.4 Å². The predicted octanol–water partition coefficient (Wildman–Crippen LogP) is 7.11. The summed E-state index contributed by atoms with van der Waals surface area (Å²) in [5.74, 6) is 0.930. The second-order valence-corrected chi connectivity index (χ2v) is 9.21. The molecular weight excluding hydrogens is 560 g/mol. The smallest absolute Gasteiger partial charge is 0.271 e. The molecule has 0 aliphatic carbocycles. The van der Waals surface area contributed by atoms with Crippen LogP contribution >= 0.6 is 31.9 Å². The van der Waals surface area contributed by atoms with Gasteiger partial charge in [0.05, 0.1) is 17.3 Å². The summed E-state index contributed by atoms with van der Waals surface area (Å²) in [4.78, 5) is 12.5. The predicted molar refractivity (Wildman–Crippen MR) is 143 cm³/mol. The van der Waals surface area contributed by atoms with E-state index in [1.165, 1.54) is 0 Å². The van der Waals surface area contributed by atoms with E-state index in [1.54, 1.807) is 12.3 Å². The molecule has 0 radical (unpaired) electrons. The third-order valence-corrected chi connectivity index (χ3v) is 6.14. The molecule has 0 aliphatic heterocycles. The number of halogens is 2. The Labute approximate surface area is 215 Å². The molecular formula is C27H22Br2N2O3. The number of hydrogen-bond donors (Lipinski definition) is 1. The molecule has 0 fully saturated rings. The van der Waals surface area contributed by atoms with Crippen molar-refractivity contribution in [1.82, 2.24) is 5.43 Å². The Hall–Kier alpha value is -3.16. The lowest BCUT2D eigenvalue weighted by molar-refractivity contribution is 0.0955. The minimum Gasteiger partial charge on any atom is -0.490 e. The molecule has 1 N–H and O–H groups in total. The van der Waals surface area contributed by atoms with E-state index < -0.39 is 0 Å². The van der Waals surface area contributed by atoms with Crippen molar-refractivity contribution in [3.63, 3.8) is 0 Å². The molecule has 0 atom stereocenters. The SMILES string of the molecule is CCOc1cc(/C=N\NC(=O)c2ccc3ccccc3c2)cc(Br)c1OCc1ccc(Br)cc1. The zero-order valence-electron chi connectivity index (χ0n) is 18.4. The molecule has 0 saturated heterocycles. The maximum absolute atomic E-state index is 12.5. The molecule has 0 aromatic heterocycles. The number of nitrogens with one attached hydrogen (secondary N) is 1. The van der Waals surface area contributed by atoms with E-state index in [0.717, 1.165) is 30.8 Å². The lowest BCUT2D eigenvalue weighted by atomic mass is 10.1. The number of amides is 1. The topological polar surface area (TPSA) is 59.9 Å². The molecule has 5 nitrogen and oxygen atoms in total. The molecule has 34 heavy (non-hydrogen) atoms. The standard InChI is InChI=1S/C27H22Br2N2O3/c1-2-33-25-14-19(13-24(29)26(25)34-17-18-7-11-23(28)12-8-18)16-30-31-27(32)22-10-9-20-5-3-4-6-21(20)15-22/h3-16H,2,17H2,1H3,(H,31,32)/b30-16-. The molecule has 0 unspecified atom stereocenters. The molecule has 0 aliphatic rings. The second-order valence-electron chi connectivity index (χ2n) is 7.44. The van der Waals surface area contributed by atoms with E-state index in [4.69, 9.17) is 9.47 Å². The van der Waals surface area contributed by atoms with Crippen LogP contribution in [0.2, 0.25) is 0 Å². The van der Waals surface area contributed by atoms with E-state index in [1.807, 2.05) is 79.7 Å². The van der Waals surface area contributed by atoms with Crippen molar-refractivity contribution in [2.45, 2.75) is 13.5 Å². The maximum Gasteiger partial charge on any atom is 0.271 e. The number of benzene rings is 4. The highest BCUT2D eigenvalue weighted by Crippen LogP contribution is 2.37. The Morgan fingerprint density at radius 1 is 0.941 bits per heavy atom. The van der Waals surface area contributed by atoms with Crippen molar-refractivity contribution < 1.29 is 14.3 Å². The monoisotopic (exact) mass is 580 g/mol. The van der Waals surface area contributed by atoms with Gasteiger partial charge in [-0.3, -0.25) is 4.79 Å². The van der Waals surface area contributed by atoms with Gasteiger partial charge in [0.15, 0.2) is 11.5 Å². The Morgan fingerprint density at radius 2 is 1.71 bits per heavy atom. The number of nitrogens with zero attached hydrogens (tertiary/aromatic N) is 1. The Balaban J connectivity index is 1.46. The van der Waals surface area contributed by atoms with Gasteiger partial charge in [0.25, 0.3) is 5.91 Å². The summed E-state index contributed by atoms with van der Waals surface area (Å²) in [5, 5.41) is 6.21. The van der Waals surface area contributed by atoms with E-state index in [0.29, 0.717) is 30.3 Å². The summed E-state index contributed by atoms with van der Waals surface area (Å²) in [7, 11) is 0. The van der Waals surface area contributed by atoms with E-state index in [2.05, 4.69) is 42.4 Å². The Bertz CT molecular complexity index is 1340. The van der Waals surface area contributed by atoms with Gasteiger partial charge in [-0.15, -0.1) is 0 Å². The number of rotatable bonds is 8. The summed E-state index contributed by atoms with van der Waals surface area (Å²) in [5.41, 5.74) is 4.93. The number of carbonyl (C=O) groups excluding carboxylic acids is 1. The normalized spacial score (nSPS) is 11.0. The molecule has 4 rings (SSSR count). The molecule has 7 heteroatoms. The quantitative estimate of drug-likeness (QED) is 0.178. The van der Waals surface area contributed by atoms with Gasteiger partial charge in [0.1, 0.15) is 6.61 Å². The summed E-state index contributed by atoms with van der Waals surface area (Å²) in [6.07, 6.45) is 1.57. The van der Waals surface area contributed by atoms with Gasteiger partial charge in [0.2, 0.25) is 0 Å². The van der Waals surface area contributed by atoms with Crippen LogP contribution in [-0.2, 0) is 6.61 Å². The minimum absolute atomic E-state index is 0.277. The van der Waals surface area contributed by atoms with Crippen LogP contribution < -0.4 is 14.9 Å². The first-order chi connectivity index (χ1) is 16.5. The minimum atomic E-state index is -0.277. The average Bonchev–Trinajstić information content (AvgIpc) is 2.84. The van der Waals surface area contributed by atoms with Crippen LogP contribution in [0.1, 0.15) is 28.4 Å². The number of fused-ring (bicyclic) bond motifs is 1. The fraction of sp³-hybridized carbons (Fsp3) is 0.111. The van der Waals surface area contributed by atoms with E-state index >= 15 is 0 Å². The van der Waals surface area contributed by atoms with Crippen LogP contribution in [0.5, 0.6) is 11.5 Å². The first-order valence-corrected chi connectivity index (χ1v) is 12.3. The summed E-state index contributed by atoms with van der Waals surface area (Å²) >= 11 is 7.01. The number of carbonyl (C=O) groups is 1. The van der Waals surface area contributed by atoms with Gasteiger partial charge in [-0.05, 0) is 81.2 Å². The van der Waals surface area contributed by atoms with Crippen LogP contribution in [0.3, 0.4) is 0 Å². The molecule has 0 spiro atoms. The Kier molecular flexibility index (Phi) is 7.98. The molecule has 0 saturated carbocycles. The van der Waals surface area contributed by atoms with E-state index in [9.17, 15) is 4.79 Å². The third-order valence-electron chi connectivity index (χ3n) is 5.02. The molecule has 1 amide bonds. The van der Waals surface area contributed by atoms with Crippen molar-refractivity contribution in [2.75, 3.05) is 6.61 Å². The average molecular weight is 582 g/mol. The van der Waals surface area contributed by atoms with Gasteiger partial charge < -0.3 is 9.47 Å². The lowest BCUT2D eigenvalue weighted by Crippen LogP contribution is -2.17. The lowest BCUT2D eigenvalue weighted by Gasteiger charge is -2.14. The van der Waals surface area contributed by atoms with Crippen LogP contribution in [0.25, 0.3) is 10.8 Å². The molecule has 0 heterocycles. The van der Waals surface area contributed by atoms with Crippen molar-refractivity contribution in [1.29, 1.82) is 0 Å². The molecule has 172 valence electrons. The Morgan fingerprint density at radius 3 is 2.47 bits per heavy atom. The zero-order chi connectivity index (χ0) is 23.9. The van der Waals surface area contributed by atoms with E-state index in [-0.39, 0.29) is 5.91 Å². The third kappa shape index (κ3) is 6.04. The highest BCUT2D eigenvalue weighted by Gasteiger charge is 2.12. The zero-order valence-corrected chi connectivity index (χ0v) is 21.6. The van der Waals surface area contributed by atoms with Crippen molar-refractivity contribution in [2.24, 2.45) is 5.10 Å². The van der Waals surface area contributed by atoms with Crippen LogP contribution in [0, 0.1) is 0 Å². The molecule has 0 bridgehead atoms. The second kappa shape index (κ2) is 11.3. The molecule has 4 aromatic carbocycles. The summed E-state index contributed by atoms with van der Waals surface area (Å²) in [6.45, 7) is 2.80. The van der Waals surface area contributed by atoms with Crippen molar-refractivity contribution in [3.05, 3.63) is 104 Å². The summed E-state index contributed by atoms with van der Waals surface area (Å²) < 4.78 is 13.6. The highest BCUT2D eigenvalue weighted by molar-refractivity contribution is 9.10. The fourth-order valence-electron chi connectivity index (χ4n) is 3.36. The number of hydrogen-bond acceptors (Lipinski definition) is 4. The molecule has 4 aromatic rings. The van der Waals surface area contributed by atoms with Crippen LogP contribution in [0.15, 0.2) is 92.9 Å². The first-order valence-electron chi connectivity index (χ1n) is 10.7. The summed E-state index contributed by atoms with van der Waals surface area (Å²) in [6, 6.07) is 25.1. The highest BCUT2D eigenvalue weighted by atomic mass is 79.9. The van der Waals surface area contributed by atoms with Gasteiger partial charge >= 0.3 is 0 Å². The fourth-order valence-corrected chi connectivity index (χ4v) is 4.20. The van der Waals surface area contributed by atoms with Crippen LogP contribution in [-0.4, -0.2) is 18.7 Å². The number of ether oxygens (including phenoxy) is 2. The van der Waals surface area contributed by atoms with Crippen molar-refractivity contribution in [3.8, 4) is 11.5 Å². The largest absolute Gasteiger partial charge is 0.490 e. The first kappa shape index (κ1) is 24.0.